The fourth-order valence-electron chi connectivity index (χ4n) is 3.14. The van der Waals surface area contributed by atoms with Gasteiger partial charge in [-0.15, -0.1) is 0 Å². The fourth-order valence-corrected chi connectivity index (χ4v) is 3.14. The molecule has 2 bridgehead atoms. The Morgan fingerprint density at radius 1 is 1.31 bits per heavy atom. The molecular formula is C13H24N2O. The molecule has 2 heterocycles. The highest BCUT2D eigenvalue weighted by atomic mass is 16.2. The number of amides is 1. The summed E-state index contributed by atoms with van der Waals surface area (Å²) in [7, 11) is 1.94. The molecule has 3 aliphatic rings. The van der Waals surface area contributed by atoms with Crippen molar-refractivity contribution in [3.05, 3.63) is 0 Å². The van der Waals surface area contributed by atoms with Gasteiger partial charge in [-0.2, -0.15) is 0 Å². The number of carbonyl (C=O) groups is 1. The first-order valence-electron chi connectivity index (χ1n) is 6.40. The summed E-state index contributed by atoms with van der Waals surface area (Å²) in [5.41, 5.74) is -0.0338. The third-order valence-corrected chi connectivity index (χ3v) is 4.42. The van der Waals surface area contributed by atoms with E-state index in [0.29, 0.717) is 24.0 Å². The Morgan fingerprint density at radius 2 is 1.88 bits per heavy atom. The summed E-state index contributed by atoms with van der Waals surface area (Å²) in [5.74, 6) is 0.363. The van der Waals surface area contributed by atoms with Gasteiger partial charge in [0.1, 0.15) is 0 Å². The summed E-state index contributed by atoms with van der Waals surface area (Å²) in [6, 6.07) is 1.56. The lowest BCUT2D eigenvalue weighted by molar-refractivity contribution is -0.144. The molecule has 2 aliphatic heterocycles. The van der Waals surface area contributed by atoms with Crippen LogP contribution in [0.25, 0.3) is 0 Å². The van der Waals surface area contributed by atoms with Crippen LogP contribution >= 0.6 is 0 Å². The van der Waals surface area contributed by atoms with Crippen molar-refractivity contribution in [2.45, 2.75) is 58.7 Å². The molecule has 0 atom stereocenters. The predicted molar refractivity (Wildman–Crippen MR) is 65.2 cm³/mol. The van der Waals surface area contributed by atoms with E-state index in [9.17, 15) is 4.79 Å². The zero-order valence-corrected chi connectivity index (χ0v) is 11.2. The summed E-state index contributed by atoms with van der Waals surface area (Å²) < 4.78 is 0. The number of hydrogen-bond acceptors (Lipinski definition) is 2. The standard InChI is InChI=1S/C13H24N2O/c1-9(2)14(5)12(16)13-6-11(7-13)15(8-13)10(3)4/h9-11H,6-8H2,1-5H3. The second-order valence-corrected chi connectivity index (χ2v) is 6.12. The number of nitrogens with zero attached hydrogens (tertiary/aromatic N) is 2. The highest BCUT2D eigenvalue weighted by Crippen LogP contribution is 2.53. The van der Waals surface area contributed by atoms with Gasteiger partial charge in [-0.1, -0.05) is 0 Å². The Balaban J connectivity index is 2.06. The Morgan fingerprint density at radius 3 is 2.25 bits per heavy atom. The van der Waals surface area contributed by atoms with Crippen LogP contribution in [0.3, 0.4) is 0 Å². The fraction of sp³-hybridized carbons (Fsp3) is 0.923. The third kappa shape index (κ3) is 1.56. The highest BCUT2D eigenvalue weighted by molar-refractivity contribution is 5.85. The van der Waals surface area contributed by atoms with Crippen molar-refractivity contribution >= 4 is 5.91 Å². The molecule has 0 aromatic carbocycles. The first-order chi connectivity index (χ1) is 7.37. The topological polar surface area (TPSA) is 23.6 Å². The molecule has 0 radical (unpaired) electrons. The Bertz CT molecular complexity index is 292. The van der Waals surface area contributed by atoms with Crippen LogP contribution in [0.2, 0.25) is 0 Å². The Kier molecular flexibility index (Phi) is 2.77. The van der Waals surface area contributed by atoms with Crippen LogP contribution in [0.1, 0.15) is 40.5 Å². The number of fused-ring (bicyclic) bond motifs is 1. The van der Waals surface area contributed by atoms with E-state index in [1.165, 1.54) is 0 Å². The average Bonchev–Trinajstić information content (AvgIpc) is 2.69. The van der Waals surface area contributed by atoms with Crippen molar-refractivity contribution in [1.29, 1.82) is 0 Å². The molecule has 3 rings (SSSR count). The smallest absolute Gasteiger partial charge is 0.230 e. The Hall–Kier alpha value is -0.570. The van der Waals surface area contributed by atoms with Crippen LogP contribution in [0.5, 0.6) is 0 Å². The summed E-state index contributed by atoms with van der Waals surface area (Å²) in [4.78, 5) is 16.8. The van der Waals surface area contributed by atoms with Crippen LogP contribution in [0, 0.1) is 5.41 Å². The summed E-state index contributed by atoms with van der Waals surface area (Å²) in [5, 5.41) is 0. The van der Waals surface area contributed by atoms with Gasteiger partial charge in [0.2, 0.25) is 5.91 Å². The largest absolute Gasteiger partial charge is 0.343 e. The lowest BCUT2D eigenvalue weighted by atomic mass is 9.69. The van der Waals surface area contributed by atoms with Gasteiger partial charge in [-0.25, -0.2) is 0 Å². The zero-order chi connectivity index (χ0) is 12.1. The van der Waals surface area contributed by atoms with Gasteiger partial charge in [0.05, 0.1) is 5.41 Å². The monoisotopic (exact) mass is 224 g/mol. The average molecular weight is 224 g/mol. The maximum atomic E-state index is 12.4. The predicted octanol–water partition coefficient (Wildman–Crippen LogP) is 1.73. The number of carbonyl (C=O) groups excluding carboxylic acids is 1. The van der Waals surface area contributed by atoms with E-state index in [0.717, 1.165) is 19.4 Å². The molecule has 3 heteroatoms. The molecule has 3 nitrogen and oxygen atoms in total. The minimum absolute atomic E-state index is 0.0338. The SMILES string of the molecule is CC(C)N(C)C(=O)C12CC(C1)N(C(C)C)C2. The summed E-state index contributed by atoms with van der Waals surface area (Å²) >= 11 is 0. The van der Waals surface area contributed by atoms with Gasteiger partial charge in [-0.3, -0.25) is 9.69 Å². The molecule has 0 aromatic heterocycles. The number of rotatable bonds is 3. The lowest BCUT2D eigenvalue weighted by Crippen LogP contribution is -2.49. The van der Waals surface area contributed by atoms with Gasteiger partial charge in [-0.05, 0) is 40.5 Å². The molecule has 1 aliphatic carbocycles. The quantitative estimate of drug-likeness (QED) is 0.729. The molecule has 0 unspecified atom stereocenters. The van der Waals surface area contributed by atoms with Crippen LogP contribution < -0.4 is 0 Å². The van der Waals surface area contributed by atoms with Crippen LogP contribution in [0.4, 0.5) is 0 Å². The maximum absolute atomic E-state index is 12.4. The normalized spacial score (nSPS) is 33.3. The van der Waals surface area contributed by atoms with Gasteiger partial charge in [0.15, 0.2) is 0 Å². The van der Waals surface area contributed by atoms with Gasteiger partial charge >= 0.3 is 0 Å². The van der Waals surface area contributed by atoms with Crippen molar-refractivity contribution < 1.29 is 4.79 Å². The summed E-state index contributed by atoms with van der Waals surface area (Å²) in [6.07, 6.45) is 2.17. The van der Waals surface area contributed by atoms with E-state index >= 15 is 0 Å². The molecule has 0 aromatic rings. The second-order valence-electron chi connectivity index (χ2n) is 6.12. The molecule has 92 valence electrons. The minimum Gasteiger partial charge on any atom is -0.343 e. The van der Waals surface area contributed by atoms with Crippen molar-refractivity contribution in [3.8, 4) is 0 Å². The second kappa shape index (κ2) is 3.73. The maximum Gasteiger partial charge on any atom is 0.230 e. The molecule has 0 N–H and O–H groups in total. The van der Waals surface area contributed by atoms with Crippen molar-refractivity contribution in [3.63, 3.8) is 0 Å². The molecule has 2 saturated heterocycles. The van der Waals surface area contributed by atoms with Gasteiger partial charge in [0, 0.05) is 31.7 Å². The molecule has 1 saturated carbocycles. The minimum atomic E-state index is -0.0338. The first kappa shape index (κ1) is 11.9. The van der Waals surface area contributed by atoms with Crippen molar-refractivity contribution in [2.75, 3.05) is 13.6 Å². The molecule has 3 fully saturated rings. The van der Waals surface area contributed by atoms with E-state index in [-0.39, 0.29) is 5.41 Å². The van der Waals surface area contributed by atoms with E-state index in [4.69, 9.17) is 0 Å². The van der Waals surface area contributed by atoms with Crippen molar-refractivity contribution in [2.24, 2.45) is 5.41 Å². The van der Waals surface area contributed by atoms with Crippen molar-refractivity contribution in [1.82, 2.24) is 9.80 Å². The summed E-state index contributed by atoms with van der Waals surface area (Å²) in [6.45, 7) is 9.60. The molecule has 1 amide bonds. The van der Waals surface area contributed by atoms with Crippen LogP contribution in [-0.4, -0.2) is 47.4 Å². The van der Waals surface area contributed by atoms with Gasteiger partial charge in [0.25, 0.3) is 0 Å². The zero-order valence-electron chi connectivity index (χ0n) is 11.2. The van der Waals surface area contributed by atoms with Gasteiger partial charge < -0.3 is 4.90 Å². The van der Waals surface area contributed by atoms with E-state index in [2.05, 4.69) is 32.6 Å². The third-order valence-electron chi connectivity index (χ3n) is 4.42. The molecular weight excluding hydrogens is 200 g/mol. The van der Waals surface area contributed by atoms with E-state index in [1.54, 1.807) is 0 Å². The first-order valence-corrected chi connectivity index (χ1v) is 6.40. The Labute approximate surface area is 98.8 Å². The van der Waals surface area contributed by atoms with E-state index < -0.39 is 0 Å². The highest BCUT2D eigenvalue weighted by Gasteiger charge is 2.60. The molecule has 16 heavy (non-hydrogen) atoms. The lowest BCUT2D eigenvalue weighted by Gasteiger charge is -2.40. The van der Waals surface area contributed by atoms with E-state index in [1.807, 2.05) is 11.9 Å². The van der Waals surface area contributed by atoms with Crippen LogP contribution in [-0.2, 0) is 4.79 Å². The molecule has 0 spiro atoms. The number of hydrogen-bond donors (Lipinski definition) is 0. The van der Waals surface area contributed by atoms with Crippen LogP contribution in [0.15, 0.2) is 0 Å².